The average molecular weight is 803 g/mol. The Hall–Kier alpha value is -0.500. The molecule has 0 aliphatic carbocycles. The third kappa shape index (κ3) is 41.5. The van der Waals surface area contributed by atoms with Crippen LogP contribution in [0.4, 0.5) is 0 Å². The Morgan fingerprint density at radius 3 is 1.24 bits per heavy atom. The Kier molecular flexibility index (Phi) is 38.6. The van der Waals surface area contributed by atoms with E-state index in [1.807, 2.05) is 21.1 Å². The number of unbranched alkanes of at least 4 members (excludes halogenated alkanes) is 31. The summed E-state index contributed by atoms with van der Waals surface area (Å²) in [5.41, 5.74) is 0. The van der Waals surface area contributed by atoms with Gasteiger partial charge in [-0.05, 0) is 12.8 Å². The van der Waals surface area contributed by atoms with Gasteiger partial charge in [0, 0.05) is 6.42 Å². The Morgan fingerprint density at radius 1 is 0.564 bits per heavy atom. The van der Waals surface area contributed by atoms with Gasteiger partial charge in [0.05, 0.1) is 39.9 Å². The van der Waals surface area contributed by atoms with Gasteiger partial charge < -0.3 is 28.8 Å². The molecule has 0 bridgehead atoms. The van der Waals surface area contributed by atoms with E-state index in [-0.39, 0.29) is 19.1 Å². The zero-order valence-corrected chi connectivity index (χ0v) is 38.3. The van der Waals surface area contributed by atoms with Crippen LogP contribution in [0.25, 0.3) is 0 Å². The predicted octanol–water partition coefficient (Wildman–Crippen LogP) is 12.7. The highest BCUT2D eigenvalue weighted by molar-refractivity contribution is 7.45. The smallest absolute Gasteiger partial charge is 0.268 e. The Labute approximate surface area is 342 Å². The van der Waals surface area contributed by atoms with Gasteiger partial charge in [-0.2, -0.15) is 0 Å². The molecule has 55 heavy (non-hydrogen) atoms. The number of phosphoric ester groups is 1. The van der Waals surface area contributed by atoms with Crippen LogP contribution >= 0.6 is 7.82 Å². The molecule has 9 heteroatoms. The van der Waals surface area contributed by atoms with Gasteiger partial charge in [-0.15, -0.1) is 0 Å². The first kappa shape index (κ1) is 54.5. The quantitative estimate of drug-likeness (QED) is 0.0361. The van der Waals surface area contributed by atoms with Gasteiger partial charge in [-0.1, -0.05) is 219 Å². The zero-order valence-electron chi connectivity index (χ0n) is 37.4. The molecule has 0 fully saturated rings. The molecule has 0 saturated carbocycles. The van der Waals surface area contributed by atoms with Crippen LogP contribution in [0, 0.1) is 0 Å². The second-order valence-electron chi connectivity index (χ2n) is 17.8. The van der Waals surface area contributed by atoms with Gasteiger partial charge in [-0.3, -0.25) is 9.36 Å². The SMILES string of the molecule is CCCCCCCCCCCCCCCCCCCCCCCCCCCCCC(=O)NC(COP(=O)([O-])OCC[N+](C)(C)C)C(O)CCCCCCCC. The van der Waals surface area contributed by atoms with Gasteiger partial charge in [0.2, 0.25) is 5.91 Å². The molecule has 0 heterocycles. The van der Waals surface area contributed by atoms with E-state index in [1.165, 1.54) is 173 Å². The minimum absolute atomic E-state index is 0.0151. The number of phosphoric acid groups is 1. The summed E-state index contributed by atoms with van der Waals surface area (Å²) in [4.78, 5) is 25.2. The molecule has 3 atom stereocenters. The van der Waals surface area contributed by atoms with Crippen LogP contribution < -0.4 is 10.2 Å². The van der Waals surface area contributed by atoms with Crippen molar-refractivity contribution in [2.45, 2.75) is 251 Å². The maximum atomic E-state index is 12.8. The lowest BCUT2D eigenvalue weighted by molar-refractivity contribution is -0.870. The van der Waals surface area contributed by atoms with E-state index in [0.717, 1.165) is 38.5 Å². The molecule has 0 aromatic heterocycles. The molecule has 0 aliphatic heterocycles. The van der Waals surface area contributed by atoms with Crippen LogP contribution in [0.2, 0.25) is 0 Å². The third-order valence-corrected chi connectivity index (χ3v) is 12.1. The molecule has 0 aliphatic rings. The summed E-state index contributed by atoms with van der Waals surface area (Å²) in [5.74, 6) is -0.165. The van der Waals surface area contributed by atoms with Gasteiger partial charge in [0.15, 0.2) is 0 Å². The number of aliphatic hydroxyl groups is 1. The summed E-state index contributed by atoms with van der Waals surface area (Å²) >= 11 is 0. The van der Waals surface area contributed by atoms with Gasteiger partial charge in [0.1, 0.15) is 13.2 Å². The number of carbonyl (C=O) groups excluding carboxylic acids is 1. The molecule has 0 aromatic rings. The van der Waals surface area contributed by atoms with E-state index in [0.29, 0.717) is 23.9 Å². The second kappa shape index (κ2) is 39.0. The molecule has 3 unspecified atom stereocenters. The van der Waals surface area contributed by atoms with Crippen molar-refractivity contribution in [2.75, 3.05) is 40.9 Å². The van der Waals surface area contributed by atoms with Gasteiger partial charge >= 0.3 is 0 Å². The van der Waals surface area contributed by atoms with Crippen molar-refractivity contribution in [3.05, 3.63) is 0 Å². The first-order chi connectivity index (χ1) is 26.5. The van der Waals surface area contributed by atoms with Crippen molar-refractivity contribution >= 4 is 13.7 Å². The number of rotatable bonds is 44. The fourth-order valence-corrected chi connectivity index (χ4v) is 8.00. The number of likely N-dealkylation sites (N-methyl/N-ethyl adjacent to an activating group) is 1. The molecule has 0 radical (unpaired) electrons. The van der Waals surface area contributed by atoms with E-state index < -0.39 is 20.0 Å². The first-order valence-corrected chi connectivity index (χ1v) is 25.3. The summed E-state index contributed by atoms with van der Waals surface area (Å²) in [6.45, 7) is 4.67. The summed E-state index contributed by atoms with van der Waals surface area (Å²) < 4.78 is 23.1. The lowest BCUT2D eigenvalue weighted by Gasteiger charge is -2.30. The molecule has 1 amide bonds. The Bertz CT molecular complexity index is 870. The molecule has 330 valence electrons. The number of aliphatic hydroxyl groups excluding tert-OH is 1. The van der Waals surface area contributed by atoms with Gasteiger partial charge in [-0.25, -0.2) is 0 Å². The van der Waals surface area contributed by atoms with E-state index >= 15 is 0 Å². The van der Waals surface area contributed by atoms with Crippen LogP contribution in [-0.4, -0.2) is 68.5 Å². The van der Waals surface area contributed by atoms with E-state index in [1.54, 1.807) is 0 Å². The molecule has 0 saturated heterocycles. The molecule has 0 spiro atoms. The number of carbonyl (C=O) groups is 1. The van der Waals surface area contributed by atoms with E-state index in [4.69, 9.17) is 9.05 Å². The van der Waals surface area contributed by atoms with Crippen LogP contribution in [0.3, 0.4) is 0 Å². The Balaban J connectivity index is 3.89. The maximum absolute atomic E-state index is 12.8. The highest BCUT2D eigenvalue weighted by atomic mass is 31.2. The second-order valence-corrected chi connectivity index (χ2v) is 19.2. The number of amides is 1. The van der Waals surface area contributed by atoms with Gasteiger partial charge in [0.25, 0.3) is 7.82 Å². The fourth-order valence-electron chi connectivity index (χ4n) is 7.28. The standard InChI is InChI=1S/C46H95N2O6P/c1-6-8-10-12-14-15-16-17-18-19-20-21-22-23-24-25-26-27-28-29-30-31-32-33-34-36-38-40-46(50)47-44(45(49)39-37-35-13-11-9-7-2)43-54-55(51,52)53-42-41-48(3,4)5/h44-45,49H,6-43H2,1-5H3,(H-,47,50,51,52). The minimum Gasteiger partial charge on any atom is -0.756 e. The maximum Gasteiger partial charge on any atom is 0.268 e. The average Bonchev–Trinajstić information content (AvgIpc) is 3.13. The predicted molar refractivity (Wildman–Crippen MR) is 233 cm³/mol. The van der Waals surface area contributed by atoms with Crippen molar-refractivity contribution in [2.24, 2.45) is 0 Å². The first-order valence-electron chi connectivity index (χ1n) is 23.9. The third-order valence-electron chi connectivity index (χ3n) is 11.1. The Morgan fingerprint density at radius 2 is 0.891 bits per heavy atom. The number of hydrogen-bond donors (Lipinski definition) is 2. The molecular formula is C46H95N2O6P. The molecule has 2 N–H and O–H groups in total. The molecule has 0 rings (SSSR count). The fraction of sp³-hybridized carbons (Fsp3) is 0.978. The molecule has 8 nitrogen and oxygen atoms in total. The van der Waals surface area contributed by atoms with Crippen molar-refractivity contribution in [1.29, 1.82) is 0 Å². The van der Waals surface area contributed by atoms with Crippen molar-refractivity contribution in [1.82, 2.24) is 5.32 Å². The molecule has 0 aromatic carbocycles. The lowest BCUT2D eigenvalue weighted by Crippen LogP contribution is -2.46. The monoisotopic (exact) mass is 803 g/mol. The number of hydrogen-bond acceptors (Lipinski definition) is 6. The van der Waals surface area contributed by atoms with Crippen LogP contribution in [-0.2, 0) is 18.4 Å². The normalized spacial score (nSPS) is 14.2. The van der Waals surface area contributed by atoms with Crippen LogP contribution in [0.5, 0.6) is 0 Å². The van der Waals surface area contributed by atoms with Crippen molar-refractivity contribution in [3.63, 3.8) is 0 Å². The van der Waals surface area contributed by atoms with Crippen molar-refractivity contribution in [3.8, 4) is 0 Å². The highest BCUT2D eigenvalue weighted by Crippen LogP contribution is 2.38. The summed E-state index contributed by atoms with van der Waals surface area (Å²) in [7, 11) is 1.31. The highest BCUT2D eigenvalue weighted by Gasteiger charge is 2.24. The topological polar surface area (TPSA) is 108 Å². The van der Waals surface area contributed by atoms with Crippen LogP contribution in [0.15, 0.2) is 0 Å². The lowest BCUT2D eigenvalue weighted by atomic mass is 10.0. The van der Waals surface area contributed by atoms with E-state index in [2.05, 4.69) is 19.2 Å². The number of nitrogens with zero attached hydrogens (tertiary/aromatic N) is 1. The number of nitrogens with one attached hydrogen (secondary N) is 1. The van der Waals surface area contributed by atoms with Crippen LogP contribution in [0.1, 0.15) is 239 Å². The molecular weight excluding hydrogens is 707 g/mol. The minimum atomic E-state index is -4.55. The number of quaternary nitrogens is 1. The summed E-state index contributed by atoms with van der Waals surface area (Å²) in [6.07, 6.45) is 43.1. The zero-order chi connectivity index (χ0) is 40.7. The van der Waals surface area contributed by atoms with Crippen molar-refractivity contribution < 1.29 is 32.9 Å². The summed E-state index contributed by atoms with van der Waals surface area (Å²) in [6, 6.07) is -0.790. The van der Waals surface area contributed by atoms with E-state index in [9.17, 15) is 19.4 Å². The summed E-state index contributed by atoms with van der Waals surface area (Å²) in [5, 5.41) is 13.8. The largest absolute Gasteiger partial charge is 0.756 e.